The number of carboxylic acid groups (broad SMARTS) is 1. The van der Waals surface area contributed by atoms with Crippen LogP contribution in [-0.4, -0.2) is 28.9 Å². The van der Waals surface area contributed by atoms with E-state index in [4.69, 9.17) is 14.9 Å². The molecular weight excluding hydrogens is 196 g/mol. The maximum atomic E-state index is 10.5. The Hall–Kier alpha value is -1.55. The third kappa shape index (κ3) is 3.59. The van der Waals surface area contributed by atoms with Gasteiger partial charge in [-0.1, -0.05) is 12.1 Å². The highest BCUT2D eigenvalue weighted by Gasteiger charge is 2.11. The molecule has 0 fully saturated rings. The summed E-state index contributed by atoms with van der Waals surface area (Å²) in [6.07, 6.45) is -0.261. The lowest BCUT2D eigenvalue weighted by Gasteiger charge is -2.10. The summed E-state index contributed by atoms with van der Waals surface area (Å²) in [5.74, 6) is -0.471. The molecule has 2 N–H and O–H groups in total. The number of benzene rings is 1. The van der Waals surface area contributed by atoms with Crippen molar-refractivity contribution >= 4 is 5.97 Å². The van der Waals surface area contributed by atoms with Gasteiger partial charge >= 0.3 is 5.97 Å². The molecule has 0 unspecified atom stereocenters. The number of aliphatic hydroxyl groups excluding tert-OH is 1. The van der Waals surface area contributed by atoms with Gasteiger partial charge in [-0.3, -0.25) is 0 Å². The Kier molecular flexibility index (Phi) is 4.12. The summed E-state index contributed by atoms with van der Waals surface area (Å²) in [6, 6.07) is 7.01. The van der Waals surface area contributed by atoms with Crippen LogP contribution in [0.25, 0.3) is 0 Å². The van der Waals surface area contributed by atoms with Gasteiger partial charge in [0.15, 0.2) is 6.10 Å². The zero-order chi connectivity index (χ0) is 11.3. The molecule has 1 rings (SSSR count). The number of ether oxygens (including phenoxy) is 1. The van der Waals surface area contributed by atoms with E-state index in [1.807, 2.05) is 0 Å². The maximum absolute atomic E-state index is 10.5. The van der Waals surface area contributed by atoms with Crippen molar-refractivity contribution in [2.75, 3.05) is 6.61 Å². The molecule has 4 heteroatoms. The number of aliphatic hydroxyl groups is 1. The van der Waals surface area contributed by atoms with Crippen LogP contribution in [-0.2, 0) is 11.2 Å². The van der Waals surface area contributed by atoms with Gasteiger partial charge in [-0.05, 0) is 31.0 Å². The van der Waals surface area contributed by atoms with Gasteiger partial charge in [-0.15, -0.1) is 0 Å². The molecule has 0 radical (unpaired) electrons. The molecule has 0 aliphatic heterocycles. The Balaban J connectivity index is 2.60. The largest absolute Gasteiger partial charge is 0.479 e. The minimum absolute atomic E-state index is 0.103. The standard InChI is InChI=1S/C11H14O4/c1-8(11(13)14)15-10-4-2-9(3-5-10)6-7-12/h2-5,8,12H,6-7H2,1H3,(H,13,14)/t8-/m0/s1. The number of rotatable bonds is 5. The first-order chi connectivity index (χ1) is 7.13. The van der Waals surface area contributed by atoms with E-state index >= 15 is 0 Å². The molecule has 0 heterocycles. The smallest absolute Gasteiger partial charge is 0.344 e. The molecule has 1 atom stereocenters. The van der Waals surface area contributed by atoms with Gasteiger partial charge in [0.1, 0.15) is 5.75 Å². The van der Waals surface area contributed by atoms with Crippen molar-refractivity contribution in [1.29, 1.82) is 0 Å². The van der Waals surface area contributed by atoms with Crippen molar-refractivity contribution in [1.82, 2.24) is 0 Å². The van der Waals surface area contributed by atoms with Crippen LogP contribution in [0.5, 0.6) is 5.75 Å². The van der Waals surface area contributed by atoms with E-state index in [2.05, 4.69) is 0 Å². The molecule has 1 aromatic rings. The van der Waals surface area contributed by atoms with Crippen molar-refractivity contribution in [3.8, 4) is 5.75 Å². The number of hydrogen-bond donors (Lipinski definition) is 2. The Bertz CT molecular complexity index is 318. The number of carbonyl (C=O) groups is 1. The van der Waals surface area contributed by atoms with Crippen molar-refractivity contribution in [2.45, 2.75) is 19.4 Å². The SMILES string of the molecule is C[C@H](Oc1ccc(CCO)cc1)C(=O)O. The summed E-state index contributed by atoms with van der Waals surface area (Å²) in [5.41, 5.74) is 0.993. The Labute approximate surface area is 88.1 Å². The molecule has 0 saturated carbocycles. The van der Waals surface area contributed by atoms with E-state index in [9.17, 15) is 4.79 Å². The molecule has 15 heavy (non-hydrogen) atoms. The van der Waals surface area contributed by atoms with E-state index < -0.39 is 12.1 Å². The van der Waals surface area contributed by atoms with Gasteiger partial charge in [0.2, 0.25) is 0 Å². The summed E-state index contributed by atoms with van der Waals surface area (Å²) in [6.45, 7) is 1.58. The first-order valence-corrected chi connectivity index (χ1v) is 4.72. The quantitative estimate of drug-likeness (QED) is 0.763. The fourth-order valence-electron chi connectivity index (χ4n) is 1.12. The van der Waals surface area contributed by atoms with E-state index in [0.29, 0.717) is 12.2 Å². The molecule has 1 aromatic carbocycles. The summed E-state index contributed by atoms with van der Waals surface area (Å²) >= 11 is 0. The van der Waals surface area contributed by atoms with Crippen molar-refractivity contribution in [3.63, 3.8) is 0 Å². The first kappa shape index (κ1) is 11.5. The molecule has 0 aliphatic carbocycles. The third-order valence-corrected chi connectivity index (χ3v) is 1.98. The van der Waals surface area contributed by atoms with Crippen LogP contribution in [0, 0.1) is 0 Å². The topological polar surface area (TPSA) is 66.8 Å². The lowest BCUT2D eigenvalue weighted by Crippen LogP contribution is -2.22. The predicted molar refractivity (Wildman–Crippen MR) is 55.0 cm³/mol. The summed E-state index contributed by atoms with van der Waals surface area (Å²) in [4.78, 5) is 10.5. The highest BCUT2D eigenvalue weighted by Crippen LogP contribution is 2.14. The Morgan fingerprint density at radius 1 is 1.40 bits per heavy atom. The van der Waals surface area contributed by atoms with E-state index in [1.165, 1.54) is 6.92 Å². The van der Waals surface area contributed by atoms with E-state index in [-0.39, 0.29) is 6.61 Å². The molecule has 0 saturated heterocycles. The average molecular weight is 210 g/mol. The second kappa shape index (κ2) is 5.36. The number of aliphatic carboxylic acids is 1. The van der Waals surface area contributed by atoms with Crippen molar-refractivity contribution < 1.29 is 19.7 Å². The van der Waals surface area contributed by atoms with Crippen LogP contribution in [0.4, 0.5) is 0 Å². The van der Waals surface area contributed by atoms with Gasteiger partial charge in [0.25, 0.3) is 0 Å². The van der Waals surface area contributed by atoms with Crippen LogP contribution in [0.3, 0.4) is 0 Å². The minimum Gasteiger partial charge on any atom is -0.479 e. The lowest BCUT2D eigenvalue weighted by atomic mass is 10.1. The van der Waals surface area contributed by atoms with Crippen LogP contribution >= 0.6 is 0 Å². The van der Waals surface area contributed by atoms with Crippen molar-refractivity contribution in [3.05, 3.63) is 29.8 Å². The van der Waals surface area contributed by atoms with Crippen molar-refractivity contribution in [2.24, 2.45) is 0 Å². The van der Waals surface area contributed by atoms with Gasteiger partial charge in [-0.2, -0.15) is 0 Å². The van der Waals surface area contributed by atoms with Gasteiger partial charge < -0.3 is 14.9 Å². The molecule has 82 valence electrons. The molecular formula is C11H14O4. The molecule has 0 amide bonds. The Morgan fingerprint density at radius 2 is 2.00 bits per heavy atom. The first-order valence-electron chi connectivity index (χ1n) is 4.72. The molecule has 0 aromatic heterocycles. The fourth-order valence-corrected chi connectivity index (χ4v) is 1.12. The zero-order valence-electron chi connectivity index (χ0n) is 8.51. The Morgan fingerprint density at radius 3 is 2.47 bits per heavy atom. The van der Waals surface area contributed by atoms with Crippen LogP contribution in [0.2, 0.25) is 0 Å². The van der Waals surface area contributed by atoms with E-state index in [1.54, 1.807) is 24.3 Å². The maximum Gasteiger partial charge on any atom is 0.344 e. The number of carboxylic acids is 1. The monoisotopic (exact) mass is 210 g/mol. The summed E-state index contributed by atoms with van der Waals surface area (Å²) in [7, 11) is 0. The summed E-state index contributed by atoms with van der Waals surface area (Å²) < 4.78 is 5.15. The van der Waals surface area contributed by atoms with Gasteiger partial charge in [0.05, 0.1) is 0 Å². The van der Waals surface area contributed by atoms with Crippen LogP contribution in [0.15, 0.2) is 24.3 Å². The lowest BCUT2D eigenvalue weighted by molar-refractivity contribution is -0.144. The predicted octanol–water partition coefficient (Wildman–Crippen LogP) is 1.07. The van der Waals surface area contributed by atoms with Gasteiger partial charge in [-0.25, -0.2) is 4.79 Å². The number of hydrogen-bond acceptors (Lipinski definition) is 3. The molecule has 4 nitrogen and oxygen atoms in total. The normalized spacial score (nSPS) is 12.1. The second-order valence-electron chi connectivity index (χ2n) is 3.22. The zero-order valence-corrected chi connectivity index (χ0v) is 8.51. The molecule has 0 bridgehead atoms. The summed E-state index contributed by atoms with van der Waals surface area (Å²) in [5, 5.41) is 17.3. The van der Waals surface area contributed by atoms with Crippen LogP contribution < -0.4 is 4.74 Å². The fraction of sp³-hybridized carbons (Fsp3) is 0.364. The van der Waals surface area contributed by atoms with Crippen LogP contribution in [0.1, 0.15) is 12.5 Å². The third-order valence-electron chi connectivity index (χ3n) is 1.98. The minimum atomic E-state index is -0.991. The molecule has 0 aliphatic rings. The van der Waals surface area contributed by atoms with Gasteiger partial charge in [0, 0.05) is 6.61 Å². The highest BCUT2D eigenvalue weighted by atomic mass is 16.5. The highest BCUT2D eigenvalue weighted by molar-refractivity contribution is 5.72. The van der Waals surface area contributed by atoms with E-state index in [0.717, 1.165) is 5.56 Å². The average Bonchev–Trinajstić information content (AvgIpc) is 2.21. The molecule has 0 spiro atoms. The second-order valence-corrected chi connectivity index (χ2v) is 3.22.